The molecule has 0 radical (unpaired) electrons. The fraction of sp³-hybridized carbons (Fsp3) is 0.231. The molecule has 0 amide bonds. The number of rotatable bonds is 0. The van der Waals surface area contributed by atoms with Gasteiger partial charge < -0.3 is 4.98 Å². The number of H-pyrrole nitrogens is 1. The van der Waals surface area contributed by atoms with Crippen molar-refractivity contribution in [3.63, 3.8) is 0 Å². The Bertz CT molecular complexity index is 671. The standard InChI is InChI=1S/C13H14N2OSi/c1-17(2,3)7-6-10-8-11-4-5-12(16)15-13(11)14-9-10/h4-5,8-9H,1-3H3,(H,14,15,16). The van der Waals surface area contributed by atoms with Gasteiger partial charge in [-0.3, -0.25) is 4.79 Å². The minimum absolute atomic E-state index is 0.133. The van der Waals surface area contributed by atoms with E-state index in [2.05, 4.69) is 41.1 Å². The Morgan fingerprint density at radius 3 is 2.76 bits per heavy atom. The summed E-state index contributed by atoms with van der Waals surface area (Å²) in [4.78, 5) is 18.0. The lowest BCUT2D eigenvalue weighted by Gasteiger charge is -2.03. The first-order valence-corrected chi connectivity index (χ1v) is 8.96. The highest BCUT2D eigenvalue weighted by Crippen LogP contribution is 2.08. The van der Waals surface area contributed by atoms with E-state index in [-0.39, 0.29) is 5.56 Å². The summed E-state index contributed by atoms with van der Waals surface area (Å²) in [6.45, 7) is 6.60. The second kappa shape index (κ2) is 4.19. The van der Waals surface area contributed by atoms with Crippen LogP contribution in [0, 0.1) is 11.5 Å². The molecule has 2 aromatic heterocycles. The Balaban J connectivity index is 2.48. The van der Waals surface area contributed by atoms with Crippen molar-refractivity contribution < 1.29 is 0 Å². The highest BCUT2D eigenvalue weighted by molar-refractivity contribution is 6.83. The lowest BCUT2D eigenvalue weighted by molar-refractivity contribution is 1.23. The van der Waals surface area contributed by atoms with Gasteiger partial charge in [0.2, 0.25) is 5.56 Å². The molecule has 0 atom stereocenters. The van der Waals surface area contributed by atoms with Crippen LogP contribution in [0.4, 0.5) is 0 Å². The molecular weight excluding hydrogens is 228 g/mol. The zero-order valence-corrected chi connectivity index (χ0v) is 11.2. The van der Waals surface area contributed by atoms with Crippen molar-refractivity contribution in [2.75, 3.05) is 0 Å². The van der Waals surface area contributed by atoms with Gasteiger partial charge in [0, 0.05) is 23.2 Å². The summed E-state index contributed by atoms with van der Waals surface area (Å²) in [7, 11) is -1.36. The van der Waals surface area contributed by atoms with Crippen molar-refractivity contribution >= 4 is 19.1 Å². The van der Waals surface area contributed by atoms with E-state index in [9.17, 15) is 4.79 Å². The van der Waals surface area contributed by atoms with Gasteiger partial charge >= 0.3 is 0 Å². The molecule has 3 nitrogen and oxygen atoms in total. The molecule has 0 aliphatic rings. The summed E-state index contributed by atoms with van der Waals surface area (Å²) in [6.07, 6.45) is 1.70. The molecule has 2 heterocycles. The van der Waals surface area contributed by atoms with Crippen molar-refractivity contribution in [1.82, 2.24) is 9.97 Å². The van der Waals surface area contributed by atoms with Gasteiger partial charge in [0.25, 0.3) is 0 Å². The lowest BCUT2D eigenvalue weighted by Crippen LogP contribution is -2.16. The van der Waals surface area contributed by atoms with E-state index in [1.165, 1.54) is 6.07 Å². The van der Waals surface area contributed by atoms with Crippen LogP contribution in [0.3, 0.4) is 0 Å². The van der Waals surface area contributed by atoms with Crippen LogP contribution in [0.1, 0.15) is 5.56 Å². The molecule has 17 heavy (non-hydrogen) atoms. The molecule has 86 valence electrons. The van der Waals surface area contributed by atoms with Gasteiger partial charge in [0.15, 0.2) is 0 Å². The fourth-order valence-corrected chi connectivity index (χ4v) is 1.88. The quantitative estimate of drug-likeness (QED) is 0.568. The average Bonchev–Trinajstić information content (AvgIpc) is 2.25. The van der Waals surface area contributed by atoms with Gasteiger partial charge in [0.05, 0.1) is 0 Å². The summed E-state index contributed by atoms with van der Waals surface area (Å²) in [6, 6.07) is 5.21. The highest BCUT2D eigenvalue weighted by Gasteiger charge is 2.07. The third kappa shape index (κ3) is 3.05. The maximum Gasteiger partial charge on any atom is 0.249 e. The first kappa shape index (κ1) is 11.6. The van der Waals surface area contributed by atoms with Gasteiger partial charge in [-0.1, -0.05) is 25.6 Å². The average molecular weight is 242 g/mol. The van der Waals surface area contributed by atoms with Crippen molar-refractivity contribution in [3.05, 3.63) is 40.3 Å². The van der Waals surface area contributed by atoms with E-state index in [1.54, 1.807) is 12.3 Å². The molecule has 0 aliphatic heterocycles. The van der Waals surface area contributed by atoms with Gasteiger partial charge in [-0.25, -0.2) is 4.98 Å². The molecule has 2 aromatic rings. The van der Waals surface area contributed by atoms with Crippen LogP contribution < -0.4 is 5.56 Å². The molecule has 4 heteroatoms. The zero-order chi connectivity index (χ0) is 12.5. The molecule has 0 fully saturated rings. The summed E-state index contributed by atoms with van der Waals surface area (Å²) >= 11 is 0. The molecule has 0 saturated carbocycles. The van der Waals surface area contributed by atoms with E-state index in [4.69, 9.17) is 0 Å². The number of fused-ring (bicyclic) bond motifs is 1. The first-order chi connectivity index (χ1) is 7.94. The molecule has 2 rings (SSSR count). The maximum atomic E-state index is 11.1. The molecule has 0 saturated heterocycles. The Hall–Kier alpha value is -1.86. The molecule has 0 bridgehead atoms. The molecule has 0 unspecified atom stereocenters. The number of nitrogens with one attached hydrogen (secondary N) is 1. The highest BCUT2D eigenvalue weighted by atomic mass is 28.3. The van der Waals surface area contributed by atoms with Crippen molar-refractivity contribution in [2.45, 2.75) is 19.6 Å². The fourth-order valence-electron chi connectivity index (χ4n) is 1.37. The lowest BCUT2D eigenvalue weighted by atomic mass is 10.2. The van der Waals surface area contributed by atoms with Crippen LogP contribution in [0.5, 0.6) is 0 Å². The minimum Gasteiger partial charge on any atom is -0.307 e. The normalized spacial score (nSPS) is 11.0. The molecule has 1 N–H and O–H groups in total. The smallest absolute Gasteiger partial charge is 0.249 e. The SMILES string of the molecule is C[Si](C)(C)C#Cc1cnc2[nH]c(=O)ccc2c1. The van der Waals surface area contributed by atoms with E-state index >= 15 is 0 Å². The number of pyridine rings is 2. The van der Waals surface area contributed by atoms with Crippen LogP contribution in [-0.2, 0) is 0 Å². The first-order valence-electron chi connectivity index (χ1n) is 5.46. The zero-order valence-electron chi connectivity index (χ0n) is 10.2. The number of nitrogens with zero attached hydrogens (tertiary/aromatic N) is 1. The van der Waals surface area contributed by atoms with Crippen LogP contribution in [0.2, 0.25) is 19.6 Å². The van der Waals surface area contributed by atoms with Crippen molar-refractivity contribution in [3.8, 4) is 11.5 Å². The Morgan fingerprint density at radius 1 is 1.29 bits per heavy atom. The van der Waals surface area contributed by atoms with E-state index in [0.29, 0.717) is 5.65 Å². The molecule has 0 spiro atoms. The number of aromatic amines is 1. The Morgan fingerprint density at radius 2 is 2.06 bits per heavy atom. The van der Waals surface area contributed by atoms with Gasteiger partial charge in [-0.15, -0.1) is 5.54 Å². The second-order valence-electron chi connectivity index (χ2n) is 4.98. The summed E-state index contributed by atoms with van der Waals surface area (Å²) in [5, 5.41) is 0.909. The molecule has 0 aliphatic carbocycles. The van der Waals surface area contributed by atoms with E-state index in [0.717, 1.165) is 10.9 Å². The third-order valence-corrected chi connectivity index (χ3v) is 3.03. The molecular formula is C13H14N2OSi. The topological polar surface area (TPSA) is 45.8 Å². The van der Waals surface area contributed by atoms with Gasteiger partial charge in [-0.05, 0) is 12.1 Å². The van der Waals surface area contributed by atoms with Gasteiger partial charge in [-0.2, -0.15) is 0 Å². The summed E-state index contributed by atoms with van der Waals surface area (Å²) in [5.74, 6) is 3.15. The summed E-state index contributed by atoms with van der Waals surface area (Å²) < 4.78 is 0. The van der Waals surface area contributed by atoms with Crippen LogP contribution >= 0.6 is 0 Å². The van der Waals surface area contributed by atoms with Crippen LogP contribution in [0.25, 0.3) is 11.0 Å². The third-order valence-electron chi connectivity index (χ3n) is 2.15. The number of hydrogen-bond acceptors (Lipinski definition) is 2. The van der Waals surface area contributed by atoms with Crippen molar-refractivity contribution in [2.24, 2.45) is 0 Å². The van der Waals surface area contributed by atoms with Crippen LogP contribution in [-0.4, -0.2) is 18.0 Å². The minimum atomic E-state index is -1.36. The summed E-state index contributed by atoms with van der Waals surface area (Å²) in [5.41, 5.74) is 4.66. The monoisotopic (exact) mass is 242 g/mol. The van der Waals surface area contributed by atoms with Crippen molar-refractivity contribution in [1.29, 1.82) is 0 Å². The molecule has 0 aromatic carbocycles. The Labute approximate surface area is 101 Å². The predicted molar refractivity (Wildman–Crippen MR) is 72.6 cm³/mol. The van der Waals surface area contributed by atoms with Crippen LogP contribution in [0.15, 0.2) is 29.2 Å². The maximum absolute atomic E-state index is 11.1. The largest absolute Gasteiger partial charge is 0.307 e. The van der Waals surface area contributed by atoms with E-state index in [1.807, 2.05) is 6.07 Å². The Kier molecular flexibility index (Phi) is 2.86. The van der Waals surface area contributed by atoms with E-state index < -0.39 is 8.07 Å². The predicted octanol–water partition coefficient (Wildman–Crippen LogP) is 2.15. The number of hydrogen-bond donors (Lipinski definition) is 1. The van der Waals surface area contributed by atoms with Gasteiger partial charge in [0.1, 0.15) is 13.7 Å². The number of aromatic nitrogens is 2. The second-order valence-corrected chi connectivity index (χ2v) is 9.73.